The number of amides is 2. The van der Waals surface area contributed by atoms with E-state index in [2.05, 4.69) is 5.10 Å². The summed E-state index contributed by atoms with van der Waals surface area (Å²) < 4.78 is 42.8. The molecule has 2 amide bonds. The van der Waals surface area contributed by atoms with E-state index in [1.807, 2.05) is 0 Å². The molecule has 0 spiro atoms. The number of nitrogens with zero attached hydrogens (tertiary/aromatic N) is 4. The molecule has 7 nitrogen and oxygen atoms in total. The molecular formula is C28H23F3N4O3. The maximum absolute atomic E-state index is 14.2. The Balaban J connectivity index is 1.76. The van der Waals surface area contributed by atoms with Crippen LogP contribution in [-0.4, -0.2) is 33.2 Å². The number of fused-ring (bicyclic) bond motifs is 1. The van der Waals surface area contributed by atoms with Crippen LogP contribution in [-0.2, 0) is 22.8 Å². The van der Waals surface area contributed by atoms with Crippen molar-refractivity contribution in [3.05, 3.63) is 90.1 Å². The Morgan fingerprint density at radius 2 is 1.66 bits per heavy atom. The van der Waals surface area contributed by atoms with Gasteiger partial charge in [-0.2, -0.15) is 18.3 Å². The first-order chi connectivity index (χ1) is 18.1. The number of halogens is 3. The minimum absolute atomic E-state index is 0.0435. The summed E-state index contributed by atoms with van der Waals surface area (Å²) in [7, 11) is 1.73. The number of hydrogen-bond acceptors (Lipinski definition) is 4. The number of rotatable bonds is 4. The predicted molar refractivity (Wildman–Crippen MR) is 136 cm³/mol. The Labute approximate surface area is 216 Å². The monoisotopic (exact) mass is 520 g/mol. The number of carbonyl (C=O) groups is 2. The molecule has 1 aliphatic rings. The van der Waals surface area contributed by atoms with Crippen molar-refractivity contribution >= 4 is 28.9 Å². The molecule has 1 unspecified atom stereocenters. The lowest BCUT2D eigenvalue weighted by Crippen LogP contribution is -2.39. The molecule has 1 N–H and O–H groups in total. The Morgan fingerprint density at radius 1 is 0.921 bits per heavy atom. The molecule has 1 aliphatic heterocycles. The van der Waals surface area contributed by atoms with Crippen molar-refractivity contribution in [1.29, 1.82) is 0 Å². The number of benzene rings is 3. The van der Waals surface area contributed by atoms with Crippen LogP contribution in [0.3, 0.4) is 0 Å². The zero-order valence-electron chi connectivity index (χ0n) is 20.5. The first kappa shape index (κ1) is 25.1. The lowest BCUT2D eigenvalue weighted by Gasteiger charge is -2.26. The molecule has 10 heteroatoms. The highest BCUT2D eigenvalue weighted by molar-refractivity contribution is 6.23. The van der Waals surface area contributed by atoms with E-state index in [9.17, 15) is 27.9 Å². The van der Waals surface area contributed by atoms with Gasteiger partial charge in [0.1, 0.15) is 11.7 Å². The van der Waals surface area contributed by atoms with Crippen LogP contribution in [0.2, 0.25) is 0 Å². The van der Waals surface area contributed by atoms with E-state index in [-0.39, 0.29) is 34.9 Å². The average Bonchev–Trinajstić information content (AvgIpc) is 3.29. The zero-order valence-corrected chi connectivity index (χ0v) is 20.5. The number of hydrogen-bond donors (Lipinski definition) is 1. The van der Waals surface area contributed by atoms with Crippen LogP contribution in [0.4, 0.5) is 30.2 Å². The van der Waals surface area contributed by atoms with Gasteiger partial charge in [-0.25, -0.2) is 0 Å². The van der Waals surface area contributed by atoms with Gasteiger partial charge in [0.15, 0.2) is 0 Å². The average molecular weight is 521 g/mol. The zero-order chi connectivity index (χ0) is 27.2. The van der Waals surface area contributed by atoms with Gasteiger partial charge in [0.05, 0.1) is 22.6 Å². The van der Waals surface area contributed by atoms with Crippen molar-refractivity contribution in [1.82, 2.24) is 9.78 Å². The number of para-hydroxylation sites is 1. The Morgan fingerprint density at radius 3 is 2.29 bits per heavy atom. The van der Waals surface area contributed by atoms with Crippen LogP contribution in [0.15, 0.2) is 79.0 Å². The Kier molecular flexibility index (Phi) is 6.18. The van der Waals surface area contributed by atoms with Gasteiger partial charge in [-0.3, -0.25) is 19.2 Å². The minimum atomic E-state index is -4.66. The van der Waals surface area contributed by atoms with Crippen LogP contribution in [0.1, 0.15) is 24.0 Å². The predicted octanol–water partition coefficient (Wildman–Crippen LogP) is 5.63. The topological polar surface area (TPSA) is 78.7 Å². The number of alkyl halides is 3. The van der Waals surface area contributed by atoms with Crippen LogP contribution in [0.25, 0.3) is 11.3 Å². The van der Waals surface area contributed by atoms with Crippen molar-refractivity contribution in [2.24, 2.45) is 7.05 Å². The summed E-state index contributed by atoms with van der Waals surface area (Å²) in [5.74, 6) is -3.25. The van der Waals surface area contributed by atoms with Gasteiger partial charge in [0.25, 0.3) is 0 Å². The molecule has 0 radical (unpaired) electrons. The second-order valence-corrected chi connectivity index (χ2v) is 8.84. The third-order valence-electron chi connectivity index (χ3n) is 6.60. The highest BCUT2D eigenvalue weighted by Gasteiger charge is 2.44. The molecule has 0 saturated carbocycles. The van der Waals surface area contributed by atoms with Crippen LogP contribution in [0, 0.1) is 0 Å². The third-order valence-corrected chi connectivity index (χ3v) is 6.60. The van der Waals surface area contributed by atoms with E-state index in [0.717, 1.165) is 17.0 Å². The summed E-state index contributed by atoms with van der Waals surface area (Å²) in [6.07, 6.45) is -3.07. The molecule has 2 heterocycles. The van der Waals surface area contributed by atoms with Crippen molar-refractivity contribution in [3.8, 4) is 17.0 Å². The molecule has 1 atom stereocenters. The van der Waals surface area contributed by atoms with Crippen molar-refractivity contribution in [2.45, 2.75) is 19.0 Å². The van der Waals surface area contributed by atoms with Crippen LogP contribution >= 0.6 is 0 Å². The van der Waals surface area contributed by atoms with Crippen molar-refractivity contribution < 1.29 is 27.9 Å². The number of likely N-dealkylation sites (N-methyl/N-ethyl adjacent to an activating group) is 1. The second-order valence-electron chi connectivity index (χ2n) is 8.84. The van der Waals surface area contributed by atoms with Crippen molar-refractivity contribution in [3.63, 3.8) is 0 Å². The molecule has 0 fully saturated rings. The molecule has 1 aromatic heterocycles. The molecular weight excluding hydrogens is 497 g/mol. The fourth-order valence-electron chi connectivity index (χ4n) is 4.77. The third kappa shape index (κ3) is 4.17. The van der Waals surface area contributed by atoms with Gasteiger partial charge >= 0.3 is 6.18 Å². The number of aromatic nitrogens is 2. The summed E-state index contributed by atoms with van der Waals surface area (Å²) in [5.41, 5.74) is 0.758. The van der Waals surface area contributed by atoms with E-state index >= 15 is 0 Å². The molecule has 0 bridgehead atoms. The standard InChI is InChI=1S/C28H23F3N4O3/c1-3-34-22-11-10-18(28(29,30)31)16-23(22)35(19-7-5-4-6-8-19)27(38)25(26(34)37)20-15-17(9-12-24(20)36)21-13-14-32-33(21)2/h4-16,25,36H,3H2,1-2H3. The van der Waals surface area contributed by atoms with Gasteiger partial charge in [-0.1, -0.05) is 18.2 Å². The molecule has 0 saturated heterocycles. The van der Waals surface area contributed by atoms with E-state index in [1.165, 1.54) is 17.0 Å². The maximum atomic E-state index is 14.2. The second kappa shape index (κ2) is 9.37. The summed E-state index contributed by atoms with van der Waals surface area (Å²) in [6, 6.07) is 17.5. The van der Waals surface area contributed by atoms with Gasteiger partial charge < -0.3 is 10.0 Å². The quantitative estimate of drug-likeness (QED) is 0.354. The van der Waals surface area contributed by atoms with Gasteiger partial charge in [-0.15, -0.1) is 0 Å². The molecule has 38 heavy (non-hydrogen) atoms. The van der Waals surface area contributed by atoms with E-state index in [0.29, 0.717) is 11.3 Å². The fourth-order valence-corrected chi connectivity index (χ4v) is 4.77. The molecule has 3 aromatic carbocycles. The van der Waals surface area contributed by atoms with Gasteiger partial charge in [0, 0.05) is 36.6 Å². The molecule has 4 aromatic rings. The molecule has 5 rings (SSSR count). The first-order valence-electron chi connectivity index (χ1n) is 11.8. The van der Waals surface area contributed by atoms with Crippen LogP contribution in [0.5, 0.6) is 5.75 Å². The van der Waals surface area contributed by atoms with Gasteiger partial charge in [-0.05, 0) is 61.5 Å². The Hall–Kier alpha value is -4.60. The number of phenolic OH excluding ortho intramolecular Hbond substituents is 1. The van der Waals surface area contributed by atoms with E-state index < -0.39 is 29.5 Å². The summed E-state index contributed by atoms with van der Waals surface area (Å²) in [4.78, 5) is 30.6. The maximum Gasteiger partial charge on any atom is 0.416 e. The Bertz CT molecular complexity index is 1530. The highest BCUT2D eigenvalue weighted by atomic mass is 19.4. The number of anilines is 3. The van der Waals surface area contributed by atoms with Crippen molar-refractivity contribution in [2.75, 3.05) is 16.3 Å². The number of aromatic hydroxyl groups is 1. The molecule has 0 aliphatic carbocycles. The minimum Gasteiger partial charge on any atom is -0.508 e. The lowest BCUT2D eigenvalue weighted by atomic mass is 9.92. The summed E-state index contributed by atoms with van der Waals surface area (Å²) in [5, 5.41) is 15.0. The SMILES string of the molecule is CCN1C(=O)C(c2cc(-c3ccnn3C)ccc2O)C(=O)N(c2ccccc2)c2cc(C(F)(F)F)ccc21. The lowest BCUT2D eigenvalue weighted by molar-refractivity contribution is -0.137. The smallest absolute Gasteiger partial charge is 0.416 e. The molecule has 194 valence electrons. The summed E-state index contributed by atoms with van der Waals surface area (Å²) in [6.45, 7) is 1.76. The van der Waals surface area contributed by atoms with Crippen LogP contribution < -0.4 is 9.80 Å². The number of phenols is 1. The highest BCUT2D eigenvalue weighted by Crippen LogP contribution is 2.45. The van der Waals surface area contributed by atoms with E-state index in [4.69, 9.17) is 0 Å². The number of carbonyl (C=O) groups excluding carboxylic acids is 2. The first-order valence-corrected chi connectivity index (χ1v) is 11.8. The normalized spacial score (nSPS) is 16.0. The largest absolute Gasteiger partial charge is 0.508 e. The number of aryl methyl sites for hydroxylation is 1. The summed E-state index contributed by atoms with van der Waals surface area (Å²) >= 11 is 0. The van der Waals surface area contributed by atoms with Gasteiger partial charge in [0.2, 0.25) is 11.8 Å². The fraction of sp³-hybridized carbons (Fsp3) is 0.179. The van der Waals surface area contributed by atoms with E-state index in [1.54, 1.807) is 73.4 Å².